The van der Waals surface area contributed by atoms with Crippen molar-refractivity contribution < 1.29 is 9.21 Å². The van der Waals surface area contributed by atoms with Crippen LogP contribution in [-0.4, -0.2) is 10.9 Å². The van der Waals surface area contributed by atoms with E-state index in [9.17, 15) is 4.79 Å². The van der Waals surface area contributed by atoms with Gasteiger partial charge in [-0.05, 0) is 25.1 Å². The van der Waals surface area contributed by atoms with E-state index in [1.807, 2.05) is 31.2 Å². The molecule has 2 heterocycles. The Bertz CT molecular complexity index is 775. The number of carbonyl (C=O) groups excluding carboxylic acids is 1. The lowest BCUT2D eigenvalue weighted by Gasteiger charge is -2.06. The number of rotatable bonds is 3. The highest BCUT2D eigenvalue weighted by Crippen LogP contribution is 2.32. The van der Waals surface area contributed by atoms with Gasteiger partial charge in [0.15, 0.2) is 0 Å². The van der Waals surface area contributed by atoms with Crippen molar-refractivity contribution in [3.8, 4) is 0 Å². The molecule has 0 aliphatic carbocycles. The molecule has 0 saturated heterocycles. The Morgan fingerprint density at radius 2 is 2.00 bits per heavy atom. The van der Waals surface area contributed by atoms with E-state index >= 15 is 0 Å². The zero-order valence-corrected chi connectivity index (χ0v) is 10.9. The zero-order valence-electron chi connectivity index (χ0n) is 10.9. The minimum atomic E-state index is -0.615. The van der Waals surface area contributed by atoms with Crippen molar-refractivity contribution in [2.24, 2.45) is 5.73 Å². The van der Waals surface area contributed by atoms with Crippen LogP contribution in [0.4, 0.5) is 11.4 Å². The van der Waals surface area contributed by atoms with Crippen LogP contribution in [0.1, 0.15) is 16.1 Å². The quantitative estimate of drug-likeness (QED) is 0.764. The second kappa shape index (κ2) is 4.70. The topological polar surface area (TPSA) is 81.1 Å². The lowest BCUT2D eigenvalue weighted by Crippen LogP contribution is -2.11. The fraction of sp³-hybridized carbons (Fsp3) is 0.0667. The molecular weight excluding hydrogens is 254 g/mol. The molecule has 0 aliphatic rings. The Hall–Kier alpha value is -2.82. The zero-order chi connectivity index (χ0) is 14.1. The van der Waals surface area contributed by atoms with Crippen LogP contribution in [0.15, 0.2) is 47.1 Å². The summed E-state index contributed by atoms with van der Waals surface area (Å²) in [5, 5.41) is 3.89. The number of benzene rings is 1. The summed E-state index contributed by atoms with van der Waals surface area (Å²) in [7, 11) is 0. The number of furan rings is 1. The predicted octanol–water partition coefficient (Wildman–Crippen LogP) is 2.98. The highest BCUT2D eigenvalue weighted by atomic mass is 16.3. The molecule has 3 N–H and O–H groups in total. The molecule has 5 heteroatoms. The summed E-state index contributed by atoms with van der Waals surface area (Å²) >= 11 is 0. The highest BCUT2D eigenvalue weighted by molar-refractivity contribution is 6.06. The van der Waals surface area contributed by atoms with E-state index in [0.29, 0.717) is 11.3 Å². The van der Waals surface area contributed by atoms with Gasteiger partial charge in [-0.25, -0.2) is 0 Å². The van der Waals surface area contributed by atoms with E-state index < -0.39 is 5.91 Å². The maximum absolute atomic E-state index is 11.5. The smallest absolute Gasteiger partial charge is 0.286 e. The molecule has 2 aromatic heterocycles. The van der Waals surface area contributed by atoms with Crippen LogP contribution in [0, 0.1) is 6.92 Å². The van der Waals surface area contributed by atoms with Crippen LogP contribution < -0.4 is 11.1 Å². The van der Waals surface area contributed by atoms with Crippen LogP contribution in [0.2, 0.25) is 0 Å². The molecule has 0 unspecified atom stereocenters. The number of nitrogens with zero attached hydrogens (tertiary/aromatic N) is 1. The Morgan fingerprint density at radius 3 is 2.70 bits per heavy atom. The summed E-state index contributed by atoms with van der Waals surface area (Å²) < 4.78 is 5.48. The molecule has 5 nitrogen and oxygen atoms in total. The number of nitrogens with one attached hydrogen (secondary N) is 1. The lowest BCUT2D eigenvalue weighted by molar-refractivity contribution is 0.0977. The second-order valence-electron chi connectivity index (χ2n) is 4.53. The Labute approximate surface area is 115 Å². The molecule has 0 fully saturated rings. The van der Waals surface area contributed by atoms with E-state index in [2.05, 4.69) is 10.3 Å². The van der Waals surface area contributed by atoms with Gasteiger partial charge < -0.3 is 15.5 Å². The minimum absolute atomic E-state index is 0.105. The third kappa shape index (κ3) is 2.09. The molecular formula is C15H13N3O2. The number of pyridine rings is 1. The van der Waals surface area contributed by atoms with E-state index in [1.54, 1.807) is 18.5 Å². The number of fused-ring (bicyclic) bond motifs is 1. The van der Waals surface area contributed by atoms with Crippen LogP contribution in [-0.2, 0) is 0 Å². The predicted molar refractivity (Wildman–Crippen MR) is 77.0 cm³/mol. The first-order chi connectivity index (χ1) is 9.65. The average molecular weight is 267 g/mol. The molecule has 0 atom stereocenters. The number of anilines is 2. The third-order valence-corrected chi connectivity index (χ3v) is 3.03. The van der Waals surface area contributed by atoms with Crippen molar-refractivity contribution in [3.63, 3.8) is 0 Å². The fourth-order valence-electron chi connectivity index (χ4n) is 2.02. The number of amides is 1. The molecule has 1 amide bonds. The van der Waals surface area contributed by atoms with Crippen molar-refractivity contribution in [3.05, 3.63) is 54.0 Å². The number of aryl methyl sites for hydroxylation is 1. The van der Waals surface area contributed by atoms with Gasteiger partial charge in [0.25, 0.3) is 5.91 Å². The first-order valence-corrected chi connectivity index (χ1v) is 6.15. The average Bonchev–Trinajstić information content (AvgIpc) is 2.81. The summed E-state index contributed by atoms with van der Waals surface area (Å²) in [6.45, 7) is 2.01. The molecule has 1 aromatic carbocycles. The molecule has 0 radical (unpaired) electrons. The SMILES string of the molecule is Cc1ccc(Nc2c(C(N)=O)oc3ccncc23)cc1. The molecule has 0 aliphatic heterocycles. The van der Waals surface area contributed by atoms with Crippen molar-refractivity contribution in [1.29, 1.82) is 0 Å². The second-order valence-corrected chi connectivity index (χ2v) is 4.53. The molecule has 0 saturated carbocycles. The number of nitrogens with two attached hydrogens (primary N) is 1. The minimum Gasteiger partial charge on any atom is -0.448 e. The first-order valence-electron chi connectivity index (χ1n) is 6.15. The maximum atomic E-state index is 11.5. The van der Waals surface area contributed by atoms with E-state index in [0.717, 1.165) is 16.6 Å². The largest absolute Gasteiger partial charge is 0.448 e. The van der Waals surface area contributed by atoms with Gasteiger partial charge in [0.05, 0.1) is 5.39 Å². The van der Waals surface area contributed by atoms with Crippen molar-refractivity contribution in [2.75, 3.05) is 5.32 Å². The van der Waals surface area contributed by atoms with Crippen LogP contribution >= 0.6 is 0 Å². The van der Waals surface area contributed by atoms with Gasteiger partial charge in [-0.15, -0.1) is 0 Å². The summed E-state index contributed by atoms with van der Waals surface area (Å²) in [6, 6.07) is 9.51. The summed E-state index contributed by atoms with van der Waals surface area (Å²) in [5.41, 5.74) is 8.49. The number of carbonyl (C=O) groups is 1. The Morgan fingerprint density at radius 1 is 1.25 bits per heavy atom. The fourth-order valence-corrected chi connectivity index (χ4v) is 2.02. The van der Waals surface area contributed by atoms with Crippen LogP contribution in [0.25, 0.3) is 11.0 Å². The summed E-state index contributed by atoms with van der Waals surface area (Å²) in [6.07, 6.45) is 3.24. The Balaban J connectivity index is 2.11. The van der Waals surface area contributed by atoms with Crippen molar-refractivity contribution in [1.82, 2.24) is 4.98 Å². The third-order valence-electron chi connectivity index (χ3n) is 3.03. The normalized spacial score (nSPS) is 10.7. The van der Waals surface area contributed by atoms with Gasteiger partial charge >= 0.3 is 0 Å². The van der Waals surface area contributed by atoms with Crippen molar-refractivity contribution in [2.45, 2.75) is 6.92 Å². The van der Waals surface area contributed by atoms with Gasteiger partial charge in [-0.2, -0.15) is 0 Å². The van der Waals surface area contributed by atoms with Crippen LogP contribution in [0.5, 0.6) is 0 Å². The molecule has 3 aromatic rings. The van der Waals surface area contributed by atoms with Gasteiger partial charge in [0, 0.05) is 18.1 Å². The first kappa shape index (κ1) is 12.2. The van der Waals surface area contributed by atoms with E-state index in [-0.39, 0.29) is 5.76 Å². The number of aromatic nitrogens is 1. The van der Waals surface area contributed by atoms with Gasteiger partial charge in [-0.3, -0.25) is 9.78 Å². The molecule has 0 spiro atoms. The lowest BCUT2D eigenvalue weighted by atomic mass is 10.2. The van der Waals surface area contributed by atoms with Gasteiger partial charge in [-0.1, -0.05) is 17.7 Å². The van der Waals surface area contributed by atoms with E-state index in [4.69, 9.17) is 10.2 Å². The molecule has 20 heavy (non-hydrogen) atoms. The number of hydrogen-bond donors (Lipinski definition) is 2. The van der Waals surface area contributed by atoms with Gasteiger partial charge in [0.1, 0.15) is 11.3 Å². The number of hydrogen-bond acceptors (Lipinski definition) is 4. The monoisotopic (exact) mass is 267 g/mol. The number of primary amides is 1. The van der Waals surface area contributed by atoms with Gasteiger partial charge in [0.2, 0.25) is 5.76 Å². The standard InChI is InChI=1S/C15H13N3O2/c1-9-2-4-10(5-3-9)18-13-11-8-17-7-6-12(11)20-14(13)15(16)19/h2-8,18H,1H3,(H2,16,19). The van der Waals surface area contributed by atoms with Crippen LogP contribution in [0.3, 0.4) is 0 Å². The molecule has 3 rings (SSSR count). The Kier molecular flexibility index (Phi) is 2.87. The maximum Gasteiger partial charge on any atom is 0.286 e. The summed E-state index contributed by atoms with van der Waals surface area (Å²) in [4.78, 5) is 15.6. The van der Waals surface area contributed by atoms with E-state index in [1.165, 1.54) is 0 Å². The molecule has 100 valence electrons. The summed E-state index contributed by atoms with van der Waals surface area (Å²) in [5.74, 6) is -0.510. The van der Waals surface area contributed by atoms with Crippen molar-refractivity contribution >= 4 is 28.3 Å². The highest BCUT2D eigenvalue weighted by Gasteiger charge is 2.18. The molecule has 0 bridgehead atoms.